The number of carbonyl (C=O) groups is 3. The van der Waals surface area contributed by atoms with Crippen molar-refractivity contribution in [2.24, 2.45) is 0 Å². The van der Waals surface area contributed by atoms with Gasteiger partial charge >= 0.3 is 0 Å². The number of amides is 3. The van der Waals surface area contributed by atoms with Gasteiger partial charge < -0.3 is 14.2 Å². The zero-order valence-corrected chi connectivity index (χ0v) is 19.9. The zero-order chi connectivity index (χ0) is 23.0. The Morgan fingerprint density at radius 3 is 2.62 bits per heavy atom. The molecule has 4 rings (SSSR count). The van der Waals surface area contributed by atoms with E-state index in [9.17, 15) is 14.4 Å². The van der Waals surface area contributed by atoms with Crippen molar-refractivity contribution >= 4 is 58.1 Å². The van der Waals surface area contributed by atoms with E-state index in [4.69, 9.17) is 27.9 Å². The van der Waals surface area contributed by atoms with Crippen LogP contribution in [-0.2, 0) is 14.3 Å². The maximum absolute atomic E-state index is 12.9. The molecule has 0 aliphatic carbocycles. The summed E-state index contributed by atoms with van der Waals surface area (Å²) in [6.45, 7) is 5.40. The second-order valence-corrected chi connectivity index (χ2v) is 9.27. The molecule has 2 saturated heterocycles. The number of rotatable bonds is 4. The van der Waals surface area contributed by atoms with Crippen molar-refractivity contribution in [3.63, 3.8) is 0 Å². The smallest absolute Gasteiger partial charge is 0.294 e. The highest BCUT2D eigenvalue weighted by Crippen LogP contribution is 2.35. The second-order valence-electron chi connectivity index (χ2n) is 7.50. The van der Waals surface area contributed by atoms with Gasteiger partial charge in [-0.25, -0.2) is 0 Å². The topological polar surface area (TPSA) is 71.9 Å². The minimum Gasteiger partial charge on any atom is -0.378 e. The molecule has 0 radical (unpaired) electrons. The first-order valence-corrected chi connectivity index (χ1v) is 11.6. The monoisotopic (exact) mass is 493 g/mol. The van der Waals surface area contributed by atoms with Crippen molar-refractivity contribution in [3.8, 4) is 5.69 Å². The molecule has 0 atom stereocenters. The fraction of sp³-hybridized carbons (Fsp3) is 0.318. The number of benzene rings is 1. The third kappa shape index (κ3) is 4.32. The number of halogens is 2. The number of carbonyl (C=O) groups excluding carboxylic acids is 3. The Balaban J connectivity index is 1.58. The molecule has 0 saturated carbocycles. The molecule has 3 amide bonds. The number of nitrogens with zero attached hydrogens (tertiary/aromatic N) is 3. The molecule has 3 heterocycles. The van der Waals surface area contributed by atoms with Gasteiger partial charge in [0.05, 0.1) is 33.9 Å². The highest BCUT2D eigenvalue weighted by molar-refractivity contribution is 8.18. The van der Waals surface area contributed by atoms with E-state index in [0.29, 0.717) is 36.3 Å². The molecule has 0 unspecified atom stereocenters. The van der Waals surface area contributed by atoms with Gasteiger partial charge in [-0.2, -0.15) is 0 Å². The lowest BCUT2D eigenvalue weighted by Gasteiger charge is -2.28. The quantitative estimate of drug-likeness (QED) is 0.593. The van der Waals surface area contributed by atoms with E-state index in [2.05, 4.69) is 0 Å². The first kappa shape index (κ1) is 22.9. The second kappa shape index (κ2) is 9.31. The van der Waals surface area contributed by atoms with Crippen LogP contribution in [0.25, 0.3) is 11.8 Å². The van der Waals surface area contributed by atoms with Crippen LogP contribution in [0, 0.1) is 13.8 Å². The third-order valence-corrected chi connectivity index (χ3v) is 7.18. The lowest BCUT2D eigenvalue weighted by molar-refractivity contribution is -0.139. The predicted octanol–water partition coefficient (Wildman–Crippen LogP) is 4.30. The molecule has 10 heteroatoms. The first-order valence-electron chi connectivity index (χ1n) is 10.0. The Morgan fingerprint density at radius 2 is 1.91 bits per heavy atom. The number of morpholine rings is 1. The van der Waals surface area contributed by atoms with Gasteiger partial charge in [-0.05, 0) is 55.4 Å². The van der Waals surface area contributed by atoms with Crippen molar-refractivity contribution < 1.29 is 19.1 Å². The first-order chi connectivity index (χ1) is 15.3. The number of aromatic nitrogens is 1. The van der Waals surface area contributed by atoms with Crippen molar-refractivity contribution in [1.82, 2.24) is 14.4 Å². The summed E-state index contributed by atoms with van der Waals surface area (Å²) in [4.78, 5) is 40.7. The minimum absolute atomic E-state index is 0.259. The molecule has 168 valence electrons. The summed E-state index contributed by atoms with van der Waals surface area (Å²) in [6.07, 6.45) is 1.68. The Labute approximate surface area is 199 Å². The number of thioether (sulfide) groups is 1. The summed E-state index contributed by atoms with van der Waals surface area (Å²) < 4.78 is 7.19. The summed E-state index contributed by atoms with van der Waals surface area (Å²) in [6, 6.07) is 7.32. The largest absolute Gasteiger partial charge is 0.378 e. The fourth-order valence-corrected chi connectivity index (χ4v) is 5.00. The summed E-state index contributed by atoms with van der Waals surface area (Å²) in [5.74, 6) is -0.724. The van der Waals surface area contributed by atoms with Gasteiger partial charge in [0.15, 0.2) is 0 Å². The van der Waals surface area contributed by atoms with E-state index in [0.717, 1.165) is 39.3 Å². The van der Waals surface area contributed by atoms with Crippen molar-refractivity contribution in [2.75, 3.05) is 32.8 Å². The molecule has 7 nitrogen and oxygen atoms in total. The maximum Gasteiger partial charge on any atom is 0.294 e. The van der Waals surface area contributed by atoms with Crippen LogP contribution in [0.4, 0.5) is 4.79 Å². The standard InChI is InChI=1S/C22H21Cl2N3O4S/c1-13-10-15(14(2)27(13)17-5-3-4-16(23)20(17)24)11-18-21(29)26(22(30)32-18)12-19(28)25-6-8-31-9-7-25/h3-5,10-11H,6-9,12H2,1-2H3/b18-11+. The van der Waals surface area contributed by atoms with Crippen LogP contribution in [0.3, 0.4) is 0 Å². The maximum atomic E-state index is 12.9. The summed E-state index contributed by atoms with van der Waals surface area (Å²) in [5.41, 5.74) is 3.27. The average Bonchev–Trinajstić information content (AvgIpc) is 3.20. The van der Waals surface area contributed by atoms with Gasteiger partial charge in [0.2, 0.25) is 5.91 Å². The molecule has 2 aliphatic rings. The van der Waals surface area contributed by atoms with Crippen LogP contribution in [-0.4, -0.2) is 64.3 Å². The van der Waals surface area contributed by atoms with Gasteiger partial charge in [0.25, 0.3) is 11.1 Å². The number of hydrogen-bond acceptors (Lipinski definition) is 5. The molecule has 2 aliphatic heterocycles. The van der Waals surface area contributed by atoms with E-state index >= 15 is 0 Å². The van der Waals surface area contributed by atoms with E-state index in [1.165, 1.54) is 0 Å². The van der Waals surface area contributed by atoms with Crippen LogP contribution in [0.2, 0.25) is 10.0 Å². The van der Waals surface area contributed by atoms with E-state index in [1.807, 2.05) is 36.6 Å². The SMILES string of the molecule is Cc1cc(/C=C2/SC(=O)N(CC(=O)N3CCOCC3)C2=O)c(C)n1-c1cccc(Cl)c1Cl. The minimum atomic E-state index is -0.466. The Morgan fingerprint density at radius 1 is 1.19 bits per heavy atom. The number of ether oxygens (including phenoxy) is 1. The van der Waals surface area contributed by atoms with Gasteiger partial charge in [-0.3, -0.25) is 19.3 Å². The average molecular weight is 494 g/mol. The van der Waals surface area contributed by atoms with Gasteiger partial charge in [-0.15, -0.1) is 0 Å². The Hall–Kier alpha value is -2.26. The van der Waals surface area contributed by atoms with E-state index in [-0.39, 0.29) is 17.4 Å². The van der Waals surface area contributed by atoms with E-state index < -0.39 is 11.1 Å². The van der Waals surface area contributed by atoms with Crippen molar-refractivity contribution in [3.05, 3.63) is 56.2 Å². The van der Waals surface area contributed by atoms with Crippen LogP contribution >= 0.6 is 35.0 Å². The molecular weight excluding hydrogens is 473 g/mol. The molecule has 2 fully saturated rings. The van der Waals surface area contributed by atoms with Crippen LogP contribution in [0.1, 0.15) is 17.0 Å². The normalized spacial score (nSPS) is 18.2. The van der Waals surface area contributed by atoms with Gasteiger partial charge in [0, 0.05) is 24.5 Å². The predicted molar refractivity (Wildman–Crippen MR) is 125 cm³/mol. The fourth-order valence-electron chi connectivity index (χ4n) is 3.80. The highest BCUT2D eigenvalue weighted by atomic mass is 35.5. The molecule has 1 aromatic carbocycles. The van der Waals surface area contributed by atoms with Crippen LogP contribution in [0.15, 0.2) is 29.2 Å². The molecule has 0 bridgehead atoms. The zero-order valence-electron chi connectivity index (χ0n) is 17.6. The van der Waals surface area contributed by atoms with Crippen molar-refractivity contribution in [2.45, 2.75) is 13.8 Å². The van der Waals surface area contributed by atoms with Crippen LogP contribution in [0.5, 0.6) is 0 Å². The lowest BCUT2D eigenvalue weighted by Crippen LogP contribution is -2.46. The van der Waals surface area contributed by atoms with Crippen molar-refractivity contribution in [1.29, 1.82) is 0 Å². The molecule has 32 heavy (non-hydrogen) atoms. The van der Waals surface area contributed by atoms with Gasteiger partial charge in [-0.1, -0.05) is 29.3 Å². The molecule has 0 N–H and O–H groups in total. The number of imide groups is 1. The molecule has 0 spiro atoms. The highest BCUT2D eigenvalue weighted by Gasteiger charge is 2.37. The summed E-state index contributed by atoms with van der Waals surface area (Å²) in [7, 11) is 0. The van der Waals surface area contributed by atoms with E-state index in [1.54, 1.807) is 17.0 Å². The Bertz CT molecular complexity index is 1140. The third-order valence-electron chi connectivity index (χ3n) is 5.46. The number of aryl methyl sites for hydroxylation is 1. The molecular formula is C22H21Cl2N3O4S. The summed E-state index contributed by atoms with van der Waals surface area (Å²) >= 11 is 13.4. The summed E-state index contributed by atoms with van der Waals surface area (Å²) in [5, 5.41) is 0.434. The number of hydrogen-bond donors (Lipinski definition) is 0. The lowest BCUT2D eigenvalue weighted by atomic mass is 10.2. The molecule has 1 aromatic heterocycles. The Kier molecular flexibility index (Phi) is 6.67. The van der Waals surface area contributed by atoms with Crippen LogP contribution < -0.4 is 0 Å². The van der Waals surface area contributed by atoms with Gasteiger partial charge in [0.1, 0.15) is 6.54 Å². The molecule has 2 aromatic rings.